The van der Waals surface area contributed by atoms with E-state index in [1.54, 1.807) is 18.2 Å². The van der Waals surface area contributed by atoms with Crippen LogP contribution in [0.1, 0.15) is 34.8 Å². The van der Waals surface area contributed by atoms with Gasteiger partial charge in [0, 0.05) is 24.0 Å². The number of hydrogen-bond donors (Lipinski definition) is 1. The Kier molecular flexibility index (Phi) is 4.66. The van der Waals surface area contributed by atoms with Crippen LogP contribution in [0.5, 0.6) is 0 Å². The number of aryl methyl sites for hydroxylation is 1. The lowest BCUT2D eigenvalue weighted by atomic mass is 10.2. The molecule has 1 aromatic carbocycles. The summed E-state index contributed by atoms with van der Waals surface area (Å²) in [7, 11) is 0. The number of nitrogens with zero attached hydrogens (tertiary/aromatic N) is 2. The number of carbonyl (C=O) groups is 1. The molecule has 126 valence electrons. The second kappa shape index (κ2) is 6.73. The molecular formula is C18H20FN3OS. The van der Waals surface area contributed by atoms with Crippen LogP contribution < -0.4 is 5.32 Å². The zero-order valence-corrected chi connectivity index (χ0v) is 14.8. The molecule has 0 aliphatic heterocycles. The summed E-state index contributed by atoms with van der Waals surface area (Å²) in [4.78, 5) is 14.0. The van der Waals surface area contributed by atoms with Crippen molar-refractivity contribution in [1.82, 2.24) is 15.1 Å². The van der Waals surface area contributed by atoms with Gasteiger partial charge >= 0.3 is 0 Å². The highest BCUT2D eigenvalue weighted by molar-refractivity contribution is 7.20. The van der Waals surface area contributed by atoms with Crippen LogP contribution in [0, 0.1) is 18.7 Å². The number of rotatable bonds is 5. The van der Waals surface area contributed by atoms with E-state index in [9.17, 15) is 9.18 Å². The van der Waals surface area contributed by atoms with Gasteiger partial charge in [0.05, 0.1) is 10.6 Å². The van der Waals surface area contributed by atoms with E-state index in [1.807, 2.05) is 17.7 Å². The first-order valence-corrected chi connectivity index (χ1v) is 8.76. The van der Waals surface area contributed by atoms with Gasteiger partial charge in [-0.15, -0.1) is 11.3 Å². The molecule has 3 rings (SSSR count). The monoisotopic (exact) mass is 345 g/mol. The topological polar surface area (TPSA) is 46.9 Å². The number of aromatic nitrogens is 2. The summed E-state index contributed by atoms with van der Waals surface area (Å²) < 4.78 is 15.6. The van der Waals surface area contributed by atoms with Gasteiger partial charge < -0.3 is 5.32 Å². The van der Waals surface area contributed by atoms with Crippen LogP contribution in [-0.4, -0.2) is 15.7 Å². The molecule has 1 amide bonds. The molecule has 0 atom stereocenters. The maximum absolute atomic E-state index is 13.6. The predicted molar refractivity (Wildman–Crippen MR) is 94.8 cm³/mol. The minimum Gasteiger partial charge on any atom is -0.347 e. The van der Waals surface area contributed by atoms with Crippen molar-refractivity contribution in [3.8, 4) is 0 Å². The maximum Gasteiger partial charge on any atom is 0.261 e. The third-order valence-corrected chi connectivity index (χ3v) is 4.91. The summed E-state index contributed by atoms with van der Waals surface area (Å²) in [6.07, 6.45) is 0. The third-order valence-electron chi connectivity index (χ3n) is 3.77. The van der Waals surface area contributed by atoms with Gasteiger partial charge in [-0.1, -0.05) is 32.0 Å². The molecule has 4 nitrogen and oxygen atoms in total. The quantitative estimate of drug-likeness (QED) is 0.756. The Bertz CT molecular complexity index is 882. The molecule has 0 fully saturated rings. The molecule has 0 saturated carbocycles. The highest BCUT2D eigenvalue weighted by Gasteiger charge is 2.17. The molecule has 0 spiro atoms. The smallest absolute Gasteiger partial charge is 0.261 e. The lowest BCUT2D eigenvalue weighted by Gasteiger charge is -2.06. The van der Waals surface area contributed by atoms with E-state index in [4.69, 9.17) is 0 Å². The van der Waals surface area contributed by atoms with E-state index in [-0.39, 0.29) is 18.3 Å². The fourth-order valence-corrected chi connectivity index (χ4v) is 3.69. The van der Waals surface area contributed by atoms with Gasteiger partial charge in [-0.3, -0.25) is 9.48 Å². The Morgan fingerprint density at radius 2 is 2.12 bits per heavy atom. The lowest BCUT2D eigenvalue weighted by Crippen LogP contribution is -2.22. The fraction of sp³-hybridized carbons (Fsp3) is 0.333. The van der Waals surface area contributed by atoms with Crippen LogP contribution >= 0.6 is 11.3 Å². The van der Waals surface area contributed by atoms with Crippen molar-refractivity contribution in [3.63, 3.8) is 0 Å². The predicted octanol–water partition coefficient (Wildman–Crippen LogP) is 4.13. The van der Waals surface area contributed by atoms with Crippen LogP contribution in [0.4, 0.5) is 4.39 Å². The van der Waals surface area contributed by atoms with Crippen LogP contribution in [0.15, 0.2) is 30.3 Å². The van der Waals surface area contributed by atoms with E-state index in [2.05, 4.69) is 24.3 Å². The summed E-state index contributed by atoms with van der Waals surface area (Å²) in [5.74, 6) is -0.0135. The first-order chi connectivity index (χ1) is 11.5. The van der Waals surface area contributed by atoms with Crippen molar-refractivity contribution in [1.29, 1.82) is 0 Å². The summed E-state index contributed by atoms with van der Waals surface area (Å²) in [6.45, 7) is 7.22. The first-order valence-electron chi connectivity index (χ1n) is 7.94. The SMILES string of the molecule is Cc1nn(CC(C)C)c2sc(C(=O)NCc3ccccc3F)cc12. The molecule has 3 aromatic rings. The molecule has 0 radical (unpaired) electrons. The van der Waals surface area contributed by atoms with Gasteiger partial charge in [-0.25, -0.2) is 4.39 Å². The highest BCUT2D eigenvalue weighted by Crippen LogP contribution is 2.28. The third kappa shape index (κ3) is 3.33. The van der Waals surface area contributed by atoms with Crippen molar-refractivity contribution < 1.29 is 9.18 Å². The molecule has 1 N–H and O–H groups in total. The standard InChI is InChI=1S/C18H20FN3OS/c1-11(2)10-22-18-14(12(3)21-22)8-16(24-18)17(23)20-9-13-6-4-5-7-15(13)19/h4-8,11H,9-10H2,1-3H3,(H,20,23). The molecule has 6 heteroatoms. The molecule has 0 unspecified atom stereocenters. The number of halogens is 1. The number of benzene rings is 1. The van der Waals surface area contributed by atoms with Gasteiger partial charge in [0.1, 0.15) is 10.6 Å². The molecule has 2 aromatic heterocycles. The summed E-state index contributed by atoms with van der Waals surface area (Å²) in [5, 5.41) is 8.34. The maximum atomic E-state index is 13.6. The number of hydrogen-bond acceptors (Lipinski definition) is 3. The zero-order valence-electron chi connectivity index (χ0n) is 14.0. The van der Waals surface area contributed by atoms with E-state index in [0.717, 1.165) is 22.5 Å². The van der Waals surface area contributed by atoms with Crippen LogP contribution in [-0.2, 0) is 13.1 Å². The van der Waals surface area contributed by atoms with Gasteiger partial charge in [-0.05, 0) is 25.0 Å². The number of amides is 1. The van der Waals surface area contributed by atoms with E-state index in [1.165, 1.54) is 17.4 Å². The van der Waals surface area contributed by atoms with Gasteiger partial charge in [0.25, 0.3) is 5.91 Å². The number of fused-ring (bicyclic) bond motifs is 1. The van der Waals surface area contributed by atoms with Crippen molar-refractivity contribution in [2.24, 2.45) is 5.92 Å². The first kappa shape index (κ1) is 16.6. The van der Waals surface area contributed by atoms with Crippen LogP contribution in [0.25, 0.3) is 10.2 Å². The Balaban J connectivity index is 1.79. The van der Waals surface area contributed by atoms with E-state index < -0.39 is 0 Å². The van der Waals surface area contributed by atoms with Crippen molar-refractivity contribution in [3.05, 3.63) is 52.3 Å². The summed E-state index contributed by atoms with van der Waals surface area (Å²) in [6, 6.07) is 8.33. The second-order valence-corrected chi connectivity index (χ2v) is 7.30. The average molecular weight is 345 g/mol. The van der Waals surface area contributed by atoms with E-state index >= 15 is 0 Å². The van der Waals surface area contributed by atoms with Gasteiger partial charge in [0.15, 0.2) is 0 Å². The molecule has 0 bridgehead atoms. The normalized spacial score (nSPS) is 11.4. The molecular weight excluding hydrogens is 325 g/mol. The number of nitrogens with one attached hydrogen (secondary N) is 1. The Morgan fingerprint density at radius 3 is 2.83 bits per heavy atom. The van der Waals surface area contributed by atoms with E-state index in [0.29, 0.717) is 16.4 Å². The Hall–Kier alpha value is -2.21. The molecule has 24 heavy (non-hydrogen) atoms. The number of thiophene rings is 1. The van der Waals surface area contributed by atoms with Crippen LogP contribution in [0.2, 0.25) is 0 Å². The molecule has 0 saturated heterocycles. The fourth-order valence-electron chi connectivity index (χ4n) is 2.60. The number of carbonyl (C=O) groups excluding carboxylic acids is 1. The lowest BCUT2D eigenvalue weighted by molar-refractivity contribution is 0.0954. The minimum absolute atomic E-state index is 0.177. The van der Waals surface area contributed by atoms with Crippen molar-refractivity contribution >= 4 is 27.5 Å². The Labute approximate surface area is 144 Å². The van der Waals surface area contributed by atoms with Crippen LogP contribution in [0.3, 0.4) is 0 Å². The van der Waals surface area contributed by atoms with Gasteiger partial charge in [-0.2, -0.15) is 5.10 Å². The molecule has 0 aliphatic carbocycles. The minimum atomic E-state index is -0.308. The second-order valence-electron chi connectivity index (χ2n) is 6.26. The summed E-state index contributed by atoms with van der Waals surface area (Å²) in [5.41, 5.74) is 1.41. The van der Waals surface area contributed by atoms with Crippen molar-refractivity contribution in [2.45, 2.75) is 33.9 Å². The Morgan fingerprint density at radius 1 is 1.38 bits per heavy atom. The zero-order chi connectivity index (χ0) is 17.3. The summed E-state index contributed by atoms with van der Waals surface area (Å²) >= 11 is 1.43. The highest BCUT2D eigenvalue weighted by atomic mass is 32.1. The molecule has 0 aliphatic rings. The van der Waals surface area contributed by atoms with Gasteiger partial charge in [0.2, 0.25) is 0 Å². The molecule has 2 heterocycles. The average Bonchev–Trinajstić information content (AvgIpc) is 3.08. The van der Waals surface area contributed by atoms with Crippen molar-refractivity contribution in [2.75, 3.05) is 0 Å². The largest absolute Gasteiger partial charge is 0.347 e.